The predicted molar refractivity (Wildman–Crippen MR) is 138 cm³/mol. The Hall–Kier alpha value is -3.39. The van der Waals surface area contributed by atoms with Crippen LogP contribution in [0.3, 0.4) is 0 Å². The van der Waals surface area contributed by atoms with E-state index in [2.05, 4.69) is 17.4 Å². The number of benzene rings is 2. The van der Waals surface area contributed by atoms with Crippen molar-refractivity contribution in [3.63, 3.8) is 0 Å². The number of likely N-dealkylation sites (N-methyl/N-ethyl adjacent to an activating group) is 1. The van der Waals surface area contributed by atoms with Crippen molar-refractivity contribution in [1.82, 2.24) is 25.1 Å². The van der Waals surface area contributed by atoms with Gasteiger partial charge in [0.25, 0.3) is 0 Å². The molecule has 1 N–H and O–H groups in total. The second-order valence-corrected chi connectivity index (χ2v) is 9.60. The van der Waals surface area contributed by atoms with E-state index in [0.29, 0.717) is 26.2 Å². The fourth-order valence-electron chi connectivity index (χ4n) is 5.12. The molecule has 8 heteroatoms. The topological polar surface area (TPSA) is 76.2 Å². The van der Waals surface area contributed by atoms with Crippen LogP contribution < -0.4 is 5.32 Å². The Kier molecular flexibility index (Phi) is 8.25. The quantitative estimate of drug-likeness (QED) is 0.616. The van der Waals surface area contributed by atoms with Crippen LogP contribution in [0.25, 0.3) is 0 Å². The van der Waals surface area contributed by atoms with Gasteiger partial charge in [0, 0.05) is 19.6 Å². The van der Waals surface area contributed by atoms with E-state index in [0.717, 1.165) is 24.0 Å². The zero-order chi connectivity index (χ0) is 25.7. The number of hydrogen-bond donors (Lipinski definition) is 1. The van der Waals surface area contributed by atoms with Crippen LogP contribution in [-0.2, 0) is 22.6 Å². The summed E-state index contributed by atoms with van der Waals surface area (Å²) < 4.78 is 0. The van der Waals surface area contributed by atoms with Crippen molar-refractivity contribution in [3.05, 3.63) is 71.8 Å². The summed E-state index contributed by atoms with van der Waals surface area (Å²) in [6.45, 7) is 7.80. The van der Waals surface area contributed by atoms with Gasteiger partial charge in [0.2, 0.25) is 11.8 Å². The first-order valence-electron chi connectivity index (χ1n) is 12.9. The number of carbonyl (C=O) groups is 3. The van der Waals surface area contributed by atoms with Crippen LogP contribution in [0, 0.1) is 5.92 Å². The van der Waals surface area contributed by atoms with Gasteiger partial charge in [-0.05, 0) is 23.5 Å². The van der Waals surface area contributed by atoms with Crippen molar-refractivity contribution >= 4 is 17.8 Å². The number of amides is 4. The number of nitrogens with one attached hydrogen (secondary N) is 1. The lowest BCUT2D eigenvalue weighted by atomic mass is 9.92. The number of hydrogen-bond acceptors (Lipinski definition) is 4. The summed E-state index contributed by atoms with van der Waals surface area (Å²) in [4.78, 5) is 44.1. The molecule has 2 aliphatic heterocycles. The summed E-state index contributed by atoms with van der Waals surface area (Å²) in [5.74, 6) is -0.152. The molecule has 1 unspecified atom stereocenters. The van der Waals surface area contributed by atoms with Gasteiger partial charge in [-0.15, -0.1) is 0 Å². The minimum atomic E-state index is -0.583. The number of fused-ring (bicyclic) bond motifs is 1. The zero-order valence-corrected chi connectivity index (χ0v) is 21.5. The fourth-order valence-corrected chi connectivity index (χ4v) is 5.12. The third-order valence-electron chi connectivity index (χ3n) is 7.32. The monoisotopic (exact) mass is 491 g/mol. The molecule has 0 radical (unpaired) electrons. The van der Waals surface area contributed by atoms with Crippen molar-refractivity contribution in [1.29, 1.82) is 0 Å². The Bertz CT molecular complexity index is 1050. The average molecular weight is 492 g/mol. The van der Waals surface area contributed by atoms with Crippen molar-refractivity contribution in [2.45, 2.75) is 52.4 Å². The fraction of sp³-hybridized carbons (Fsp3) is 0.464. The predicted octanol–water partition coefficient (Wildman–Crippen LogP) is 3.10. The molecule has 0 aliphatic carbocycles. The molecular formula is C28H37N5O3. The molecule has 3 atom stereocenters. The van der Waals surface area contributed by atoms with Gasteiger partial charge < -0.3 is 15.1 Å². The van der Waals surface area contributed by atoms with E-state index in [-0.39, 0.29) is 30.3 Å². The maximum absolute atomic E-state index is 13.7. The summed E-state index contributed by atoms with van der Waals surface area (Å²) >= 11 is 0. The van der Waals surface area contributed by atoms with Gasteiger partial charge >= 0.3 is 6.03 Å². The van der Waals surface area contributed by atoms with Gasteiger partial charge in [0.05, 0.1) is 13.1 Å². The van der Waals surface area contributed by atoms with Crippen molar-refractivity contribution in [2.75, 3.05) is 26.2 Å². The van der Waals surface area contributed by atoms with E-state index >= 15 is 0 Å². The standard InChI is InChI=1S/C28H37N5O3/c1-4-21(3)26-27(35)30(17-16-22-12-8-6-9-13-22)19-24-32(26)25(34)20-31(5-2)33(24)28(36)29-18-23-14-10-7-11-15-23/h6-15,21,24,26H,4-5,16-20H2,1-3H3,(H,29,36)/t21?,24-,26-/m0/s1. The van der Waals surface area contributed by atoms with Crippen molar-refractivity contribution in [2.24, 2.45) is 5.92 Å². The third-order valence-corrected chi connectivity index (χ3v) is 7.32. The first-order chi connectivity index (χ1) is 17.4. The van der Waals surface area contributed by atoms with Gasteiger partial charge in [-0.25, -0.2) is 14.8 Å². The molecule has 4 rings (SSSR count). The third kappa shape index (κ3) is 5.38. The molecular weight excluding hydrogens is 454 g/mol. The lowest BCUT2D eigenvalue weighted by Crippen LogP contribution is -2.77. The summed E-state index contributed by atoms with van der Waals surface area (Å²) in [6, 6.07) is 19.0. The number of urea groups is 1. The highest BCUT2D eigenvalue weighted by atomic mass is 16.2. The molecule has 2 aromatic rings. The number of carbonyl (C=O) groups excluding carboxylic acids is 3. The maximum Gasteiger partial charge on any atom is 0.334 e. The Labute approximate surface area is 213 Å². The van der Waals surface area contributed by atoms with Gasteiger partial charge in [-0.3, -0.25) is 9.59 Å². The van der Waals surface area contributed by atoms with E-state index in [1.807, 2.05) is 74.2 Å². The second kappa shape index (κ2) is 11.6. The van der Waals surface area contributed by atoms with E-state index in [9.17, 15) is 14.4 Å². The minimum absolute atomic E-state index is 0.0223. The first kappa shape index (κ1) is 25.7. The second-order valence-electron chi connectivity index (χ2n) is 9.60. The number of rotatable bonds is 8. The van der Waals surface area contributed by atoms with Crippen LogP contribution in [-0.4, -0.2) is 76.0 Å². The largest absolute Gasteiger partial charge is 0.337 e. The van der Waals surface area contributed by atoms with Crippen LogP contribution >= 0.6 is 0 Å². The molecule has 0 saturated carbocycles. The van der Waals surface area contributed by atoms with Gasteiger partial charge in [-0.1, -0.05) is 87.9 Å². The molecule has 36 heavy (non-hydrogen) atoms. The van der Waals surface area contributed by atoms with Gasteiger partial charge in [0.15, 0.2) is 0 Å². The van der Waals surface area contributed by atoms with Crippen LogP contribution in [0.1, 0.15) is 38.3 Å². The highest BCUT2D eigenvalue weighted by Crippen LogP contribution is 2.31. The molecule has 2 aliphatic rings. The highest BCUT2D eigenvalue weighted by molar-refractivity contribution is 5.91. The maximum atomic E-state index is 13.7. The van der Waals surface area contributed by atoms with Crippen LogP contribution in [0.2, 0.25) is 0 Å². The van der Waals surface area contributed by atoms with Gasteiger partial charge in [-0.2, -0.15) is 0 Å². The van der Waals surface area contributed by atoms with Crippen LogP contribution in [0.15, 0.2) is 60.7 Å². The molecule has 4 amide bonds. The Morgan fingerprint density at radius 2 is 1.64 bits per heavy atom. The highest BCUT2D eigenvalue weighted by Gasteiger charge is 2.52. The molecule has 8 nitrogen and oxygen atoms in total. The lowest BCUT2D eigenvalue weighted by Gasteiger charge is -2.56. The summed E-state index contributed by atoms with van der Waals surface area (Å²) in [5, 5.41) is 6.49. The molecule has 2 fully saturated rings. The minimum Gasteiger partial charge on any atom is -0.337 e. The molecule has 0 bridgehead atoms. The molecule has 2 aromatic carbocycles. The van der Waals surface area contributed by atoms with Crippen LogP contribution in [0.5, 0.6) is 0 Å². The lowest BCUT2D eigenvalue weighted by molar-refractivity contribution is -0.193. The van der Waals surface area contributed by atoms with Crippen LogP contribution in [0.4, 0.5) is 4.79 Å². The smallest absolute Gasteiger partial charge is 0.334 e. The molecule has 192 valence electrons. The van der Waals surface area contributed by atoms with Gasteiger partial charge in [0.1, 0.15) is 12.2 Å². The normalized spacial score (nSPS) is 21.4. The van der Waals surface area contributed by atoms with Crippen molar-refractivity contribution in [3.8, 4) is 0 Å². The zero-order valence-electron chi connectivity index (χ0n) is 21.5. The molecule has 0 aromatic heterocycles. The summed E-state index contributed by atoms with van der Waals surface area (Å²) in [7, 11) is 0. The number of hydrazine groups is 1. The Morgan fingerprint density at radius 1 is 1.00 bits per heavy atom. The van der Waals surface area contributed by atoms with E-state index in [1.54, 1.807) is 14.9 Å². The summed E-state index contributed by atoms with van der Waals surface area (Å²) in [6.07, 6.45) is 0.935. The SMILES string of the molecule is CCC(C)[C@H]1C(=O)N(CCc2ccccc2)C[C@H]2N1C(=O)CN(CC)N2C(=O)NCc1ccccc1. The first-order valence-corrected chi connectivity index (χ1v) is 12.9. The van der Waals surface area contributed by atoms with Crippen molar-refractivity contribution < 1.29 is 14.4 Å². The summed E-state index contributed by atoms with van der Waals surface area (Å²) in [5.41, 5.74) is 2.15. The average Bonchev–Trinajstić information content (AvgIpc) is 2.91. The van der Waals surface area contributed by atoms with E-state index in [1.165, 1.54) is 0 Å². The Balaban J connectivity index is 1.60. The molecule has 2 saturated heterocycles. The Morgan fingerprint density at radius 3 is 2.25 bits per heavy atom. The molecule has 2 heterocycles. The molecule has 0 spiro atoms. The van der Waals surface area contributed by atoms with E-state index < -0.39 is 12.2 Å². The number of piperazine rings is 1. The number of nitrogens with zero attached hydrogens (tertiary/aromatic N) is 4. The van der Waals surface area contributed by atoms with E-state index in [4.69, 9.17) is 0 Å².